The molecule has 0 fully saturated rings. The second-order valence-electron chi connectivity index (χ2n) is 4.40. The number of nitrogens with zero attached hydrogens (tertiary/aromatic N) is 1. The molecule has 1 atom stereocenters. The van der Waals surface area contributed by atoms with Crippen molar-refractivity contribution in [1.29, 1.82) is 0 Å². The van der Waals surface area contributed by atoms with Crippen molar-refractivity contribution < 1.29 is 4.74 Å². The van der Waals surface area contributed by atoms with Crippen LogP contribution in [-0.2, 0) is 6.42 Å². The number of aromatic nitrogens is 1. The molecule has 1 unspecified atom stereocenters. The Labute approximate surface area is 136 Å². The highest BCUT2D eigenvalue weighted by molar-refractivity contribution is 9.10. The molecule has 0 bridgehead atoms. The second-order valence-corrected chi connectivity index (χ2v) is 6.23. The number of ether oxygens (including phenoxy) is 1. The van der Waals surface area contributed by atoms with Gasteiger partial charge in [-0.25, -0.2) is 0 Å². The van der Waals surface area contributed by atoms with Crippen molar-refractivity contribution >= 4 is 31.9 Å². The summed E-state index contributed by atoms with van der Waals surface area (Å²) in [5, 5.41) is 3.31. The summed E-state index contributed by atoms with van der Waals surface area (Å²) in [7, 11) is 3.64. The number of hydrogen-bond acceptors (Lipinski definition) is 3. The van der Waals surface area contributed by atoms with E-state index in [1.165, 1.54) is 0 Å². The van der Waals surface area contributed by atoms with E-state index in [4.69, 9.17) is 4.74 Å². The number of nitrogens with one attached hydrogen (secondary N) is 1. The molecule has 1 aromatic carbocycles. The Morgan fingerprint density at radius 1 is 1.20 bits per heavy atom. The number of rotatable bonds is 5. The first-order valence-electron chi connectivity index (χ1n) is 6.25. The molecule has 3 nitrogen and oxygen atoms in total. The molecule has 0 aliphatic heterocycles. The number of halogens is 2. The number of likely N-dealkylation sites (N-methyl/N-ethyl adjacent to an activating group) is 1. The molecule has 0 aliphatic carbocycles. The zero-order valence-electron chi connectivity index (χ0n) is 11.4. The highest BCUT2D eigenvalue weighted by Crippen LogP contribution is 2.27. The van der Waals surface area contributed by atoms with Gasteiger partial charge in [-0.05, 0) is 65.3 Å². The van der Waals surface area contributed by atoms with Gasteiger partial charge in [-0.1, -0.05) is 15.9 Å². The SMILES string of the molecule is CNC(Cc1cc(Br)ccc1OC)c1ccc(Br)cn1. The zero-order chi connectivity index (χ0) is 14.5. The molecule has 0 saturated carbocycles. The minimum atomic E-state index is 0.145. The van der Waals surface area contributed by atoms with Gasteiger partial charge in [0.15, 0.2) is 0 Å². The van der Waals surface area contributed by atoms with Crippen LogP contribution in [0.1, 0.15) is 17.3 Å². The smallest absolute Gasteiger partial charge is 0.122 e. The van der Waals surface area contributed by atoms with Gasteiger partial charge in [0.2, 0.25) is 0 Å². The first-order valence-corrected chi connectivity index (χ1v) is 7.83. The molecule has 0 spiro atoms. The quantitative estimate of drug-likeness (QED) is 0.821. The summed E-state index contributed by atoms with van der Waals surface area (Å²) in [6.07, 6.45) is 2.63. The zero-order valence-corrected chi connectivity index (χ0v) is 14.5. The van der Waals surface area contributed by atoms with Gasteiger partial charge in [0.25, 0.3) is 0 Å². The predicted octanol–water partition coefficient (Wildman–Crippen LogP) is 4.12. The number of methoxy groups -OCH3 is 1. The molecule has 0 aliphatic rings. The third kappa shape index (κ3) is 3.81. The summed E-state index contributed by atoms with van der Waals surface area (Å²) in [5.41, 5.74) is 2.16. The normalized spacial score (nSPS) is 12.2. The van der Waals surface area contributed by atoms with Crippen molar-refractivity contribution in [3.63, 3.8) is 0 Å². The maximum atomic E-state index is 5.42. The molecule has 5 heteroatoms. The van der Waals surface area contributed by atoms with E-state index in [2.05, 4.69) is 48.2 Å². The summed E-state index contributed by atoms with van der Waals surface area (Å²) in [4.78, 5) is 4.46. The van der Waals surface area contributed by atoms with Crippen LogP contribution in [0, 0.1) is 0 Å². The van der Waals surface area contributed by atoms with Crippen LogP contribution in [0.2, 0.25) is 0 Å². The molecule has 1 N–H and O–H groups in total. The number of pyridine rings is 1. The van der Waals surface area contributed by atoms with E-state index in [9.17, 15) is 0 Å². The fourth-order valence-electron chi connectivity index (χ4n) is 2.07. The van der Waals surface area contributed by atoms with Crippen LogP contribution in [0.3, 0.4) is 0 Å². The van der Waals surface area contributed by atoms with Crippen molar-refractivity contribution in [3.8, 4) is 5.75 Å². The Morgan fingerprint density at radius 3 is 2.55 bits per heavy atom. The van der Waals surface area contributed by atoms with E-state index < -0.39 is 0 Å². The van der Waals surface area contributed by atoms with Crippen molar-refractivity contribution in [3.05, 3.63) is 56.7 Å². The Kier molecular flexibility index (Phi) is 5.57. The summed E-state index contributed by atoms with van der Waals surface area (Å²) in [5.74, 6) is 0.894. The van der Waals surface area contributed by atoms with E-state index in [0.717, 1.165) is 32.4 Å². The molecule has 1 heterocycles. The molecule has 20 heavy (non-hydrogen) atoms. The Hall–Kier alpha value is -0.910. The van der Waals surface area contributed by atoms with Crippen LogP contribution in [0.15, 0.2) is 45.5 Å². The van der Waals surface area contributed by atoms with Crippen LogP contribution in [0.4, 0.5) is 0 Å². The molecule has 2 rings (SSSR count). The minimum absolute atomic E-state index is 0.145. The van der Waals surface area contributed by atoms with E-state index in [-0.39, 0.29) is 6.04 Å². The monoisotopic (exact) mass is 398 g/mol. The molecular formula is C15H16Br2N2O. The Balaban J connectivity index is 2.26. The standard InChI is InChI=1S/C15H16Br2N2O/c1-18-14(13-5-3-12(17)9-19-13)8-10-7-11(16)4-6-15(10)20-2/h3-7,9,14,18H,8H2,1-2H3. The van der Waals surface area contributed by atoms with Crippen molar-refractivity contribution in [2.75, 3.05) is 14.2 Å². The van der Waals surface area contributed by atoms with E-state index in [1.54, 1.807) is 7.11 Å². The fraction of sp³-hybridized carbons (Fsp3) is 0.267. The van der Waals surface area contributed by atoms with Gasteiger partial charge in [-0.15, -0.1) is 0 Å². The largest absolute Gasteiger partial charge is 0.496 e. The van der Waals surface area contributed by atoms with E-state index in [0.29, 0.717) is 0 Å². The Bertz CT molecular complexity index is 573. The van der Waals surface area contributed by atoms with Crippen LogP contribution in [0.25, 0.3) is 0 Å². The lowest BCUT2D eigenvalue weighted by Gasteiger charge is -2.18. The predicted molar refractivity (Wildman–Crippen MR) is 88.1 cm³/mol. The van der Waals surface area contributed by atoms with Crippen LogP contribution >= 0.6 is 31.9 Å². The average Bonchev–Trinajstić information content (AvgIpc) is 2.46. The first kappa shape index (κ1) is 15.5. The third-order valence-corrected chi connectivity index (χ3v) is 4.08. The van der Waals surface area contributed by atoms with Crippen molar-refractivity contribution in [2.24, 2.45) is 0 Å². The Morgan fingerprint density at radius 2 is 1.95 bits per heavy atom. The molecule has 1 aromatic heterocycles. The third-order valence-electron chi connectivity index (χ3n) is 3.12. The topological polar surface area (TPSA) is 34.1 Å². The summed E-state index contributed by atoms with van der Waals surface area (Å²) >= 11 is 6.91. The van der Waals surface area contributed by atoms with E-state index >= 15 is 0 Å². The minimum Gasteiger partial charge on any atom is -0.496 e. The molecule has 0 saturated heterocycles. The first-order chi connectivity index (χ1) is 9.63. The summed E-state index contributed by atoms with van der Waals surface area (Å²) in [6, 6.07) is 10.2. The van der Waals surface area contributed by atoms with Gasteiger partial charge in [0.05, 0.1) is 18.8 Å². The molecule has 0 radical (unpaired) electrons. The molecule has 0 amide bonds. The van der Waals surface area contributed by atoms with Gasteiger partial charge < -0.3 is 10.1 Å². The van der Waals surface area contributed by atoms with Crippen molar-refractivity contribution in [2.45, 2.75) is 12.5 Å². The maximum Gasteiger partial charge on any atom is 0.122 e. The number of hydrogen-bond donors (Lipinski definition) is 1. The van der Waals surface area contributed by atoms with Crippen LogP contribution in [0.5, 0.6) is 5.75 Å². The average molecular weight is 400 g/mol. The summed E-state index contributed by atoms with van der Waals surface area (Å²) < 4.78 is 7.45. The maximum absolute atomic E-state index is 5.42. The van der Waals surface area contributed by atoms with Gasteiger partial charge in [-0.2, -0.15) is 0 Å². The molecular weight excluding hydrogens is 384 g/mol. The summed E-state index contributed by atoms with van der Waals surface area (Å²) in [6.45, 7) is 0. The second kappa shape index (κ2) is 7.20. The lowest BCUT2D eigenvalue weighted by molar-refractivity contribution is 0.406. The lowest BCUT2D eigenvalue weighted by Crippen LogP contribution is -2.20. The van der Waals surface area contributed by atoms with Crippen LogP contribution in [-0.4, -0.2) is 19.1 Å². The fourth-order valence-corrected chi connectivity index (χ4v) is 2.72. The molecule has 2 aromatic rings. The molecule has 106 valence electrons. The van der Waals surface area contributed by atoms with Gasteiger partial charge in [-0.3, -0.25) is 4.98 Å². The number of benzene rings is 1. The van der Waals surface area contributed by atoms with E-state index in [1.807, 2.05) is 37.5 Å². The highest BCUT2D eigenvalue weighted by Gasteiger charge is 2.14. The van der Waals surface area contributed by atoms with Crippen molar-refractivity contribution in [1.82, 2.24) is 10.3 Å². The highest BCUT2D eigenvalue weighted by atomic mass is 79.9. The van der Waals surface area contributed by atoms with Gasteiger partial charge >= 0.3 is 0 Å². The van der Waals surface area contributed by atoms with Gasteiger partial charge in [0, 0.05) is 15.1 Å². The lowest BCUT2D eigenvalue weighted by atomic mass is 10.0. The van der Waals surface area contributed by atoms with Gasteiger partial charge in [0.1, 0.15) is 5.75 Å². The van der Waals surface area contributed by atoms with Crippen LogP contribution < -0.4 is 10.1 Å².